The van der Waals surface area contributed by atoms with Gasteiger partial charge in [-0.1, -0.05) is 31.1 Å². The lowest BCUT2D eigenvalue weighted by molar-refractivity contribution is 0.0948. The van der Waals surface area contributed by atoms with Crippen LogP contribution in [-0.2, 0) is 0 Å². The van der Waals surface area contributed by atoms with Crippen molar-refractivity contribution in [3.8, 4) is 0 Å². The van der Waals surface area contributed by atoms with Crippen molar-refractivity contribution in [2.75, 3.05) is 26.2 Å². The Morgan fingerprint density at radius 1 is 1.24 bits per heavy atom. The van der Waals surface area contributed by atoms with E-state index in [1.807, 2.05) is 0 Å². The number of likely N-dealkylation sites (N-methyl/N-ethyl adjacent to an activating group) is 1. The molecule has 6 heteroatoms. The minimum atomic E-state index is -0.117. The van der Waals surface area contributed by atoms with Crippen LogP contribution < -0.4 is 11.1 Å². The van der Waals surface area contributed by atoms with Gasteiger partial charge in [0.05, 0.1) is 0 Å². The van der Waals surface area contributed by atoms with Gasteiger partial charge in [-0.25, -0.2) is 0 Å². The smallest absolute Gasteiger partial charge is 0.251 e. The maximum Gasteiger partial charge on any atom is 0.251 e. The summed E-state index contributed by atoms with van der Waals surface area (Å²) in [6.07, 6.45) is 1.11. The van der Waals surface area contributed by atoms with Crippen molar-refractivity contribution in [2.24, 2.45) is 10.9 Å². The lowest BCUT2D eigenvalue weighted by atomic mass is 10.1. The standard InChI is InChI=1S/C15H24N4O2/c1-3-10-19(4-2)11-9-17-15(20)13-7-5-12(6-8-13)14(16)18-21/h5-8,21H,3-4,9-11H2,1-2H3,(H2,16,18)(H,17,20). The van der Waals surface area contributed by atoms with Crippen LogP contribution in [0.15, 0.2) is 29.4 Å². The fourth-order valence-electron chi connectivity index (χ4n) is 2.02. The normalized spacial score (nSPS) is 11.7. The van der Waals surface area contributed by atoms with Gasteiger partial charge < -0.3 is 21.2 Å². The molecule has 0 heterocycles. The zero-order chi connectivity index (χ0) is 15.7. The van der Waals surface area contributed by atoms with Gasteiger partial charge in [0.2, 0.25) is 0 Å². The Kier molecular flexibility index (Phi) is 7.25. The molecule has 0 fully saturated rings. The summed E-state index contributed by atoms with van der Waals surface area (Å²) in [6, 6.07) is 6.62. The largest absolute Gasteiger partial charge is 0.409 e. The first-order chi connectivity index (χ1) is 10.1. The number of nitrogens with zero attached hydrogens (tertiary/aromatic N) is 2. The van der Waals surface area contributed by atoms with Gasteiger partial charge >= 0.3 is 0 Å². The molecule has 116 valence electrons. The molecule has 0 atom stereocenters. The maximum absolute atomic E-state index is 12.0. The van der Waals surface area contributed by atoms with Crippen molar-refractivity contribution < 1.29 is 10.0 Å². The molecule has 0 spiro atoms. The molecule has 0 aliphatic heterocycles. The van der Waals surface area contributed by atoms with E-state index in [1.165, 1.54) is 0 Å². The van der Waals surface area contributed by atoms with Crippen LogP contribution in [0.3, 0.4) is 0 Å². The third-order valence-electron chi connectivity index (χ3n) is 3.25. The molecular formula is C15H24N4O2. The highest BCUT2D eigenvalue weighted by atomic mass is 16.4. The van der Waals surface area contributed by atoms with Crippen LogP contribution in [0.2, 0.25) is 0 Å². The van der Waals surface area contributed by atoms with E-state index in [2.05, 4.69) is 29.2 Å². The number of carbonyl (C=O) groups is 1. The molecule has 0 aliphatic rings. The van der Waals surface area contributed by atoms with E-state index >= 15 is 0 Å². The molecule has 1 aromatic rings. The Bertz CT molecular complexity index is 471. The lowest BCUT2D eigenvalue weighted by Crippen LogP contribution is -2.35. The van der Waals surface area contributed by atoms with Crippen LogP contribution in [0.4, 0.5) is 0 Å². The van der Waals surface area contributed by atoms with Crippen LogP contribution in [0, 0.1) is 0 Å². The van der Waals surface area contributed by atoms with Gasteiger partial charge in [-0.05, 0) is 31.6 Å². The first kappa shape index (κ1) is 17.0. The topological polar surface area (TPSA) is 91.0 Å². The number of hydrogen-bond donors (Lipinski definition) is 3. The Morgan fingerprint density at radius 2 is 1.86 bits per heavy atom. The molecule has 0 radical (unpaired) electrons. The second kappa shape index (κ2) is 8.97. The summed E-state index contributed by atoms with van der Waals surface area (Å²) in [7, 11) is 0. The maximum atomic E-state index is 12.0. The SMILES string of the molecule is CCCN(CC)CCNC(=O)c1ccc(/C(N)=N/O)cc1. The van der Waals surface area contributed by atoms with Crippen LogP contribution in [0.1, 0.15) is 36.2 Å². The van der Waals surface area contributed by atoms with Gasteiger partial charge in [-0.2, -0.15) is 0 Å². The van der Waals surface area contributed by atoms with E-state index in [4.69, 9.17) is 10.9 Å². The highest BCUT2D eigenvalue weighted by Crippen LogP contribution is 2.04. The average molecular weight is 292 g/mol. The molecule has 1 rings (SSSR count). The van der Waals surface area contributed by atoms with E-state index < -0.39 is 0 Å². The zero-order valence-electron chi connectivity index (χ0n) is 12.7. The minimum absolute atomic E-state index is 0.0279. The van der Waals surface area contributed by atoms with Crippen molar-refractivity contribution in [3.63, 3.8) is 0 Å². The first-order valence-corrected chi connectivity index (χ1v) is 7.20. The molecule has 0 aromatic heterocycles. The second-order valence-electron chi connectivity index (χ2n) is 4.75. The van der Waals surface area contributed by atoms with Gasteiger partial charge in [-0.3, -0.25) is 4.79 Å². The summed E-state index contributed by atoms with van der Waals surface area (Å²) in [4.78, 5) is 14.3. The summed E-state index contributed by atoms with van der Waals surface area (Å²) < 4.78 is 0. The first-order valence-electron chi connectivity index (χ1n) is 7.20. The van der Waals surface area contributed by atoms with E-state index in [-0.39, 0.29) is 11.7 Å². The fraction of sp³-hybridized carbons (Fsp3) is 0.467. The zero-order valence-corrected chi connectivity index (χ0v) is 12.7. The number of nitrogens with one attached hydrogen (secondary N) is 1. The number of nitrogens with two attached hydrogens (primary N) is 1. The van der Waals surface area contributed by atoms with Crippen molar-refractivity contribution in [2.45, 2.75) is 20.3 Å². The molecule has 0 bridgehead atoms. The number of oxime groups is 1. The van der Waals surface area contributed by atoms with Crippen molar-refractivity contribution in [1.29, 1.82) is 0 Å². The molecule has 1 amide bonds. The predicted octanol–water partition coefficient (Wildman–Crippen LogP) is 1.24. The van der Waals surface area contributed by atoms with E-state index in [9.17, 15) is 4.79 Å². The molecular weight excluding hydrogens is 268 g/mol. The predicted molar refractivity (Wildman–Crippen MR) is 83.7 cm³/mol. The number of amidine groups is 1. The van der Waals surface area contributed by atoms with Gasteiger partial charge in [0.1, 0.15) is 0 Å². The molecule has 0 saturated carbocycles. The quantitative estimate of drug-likeness (QED) is 0.291. The van der Waals surface area contributed by atoms with E-state index in [1.54, 1.807) is 24.3 Å². The fourth-order valence-corrected chi connectivity index (χ4v) is 2.02. The number of hydrogen-bond acceptors (Lipinski definition) is 4. The second-order valence-corrected chi connectivity index (χ2v) is 4.75. The lowest BCUT2D eigenvalue weighted by Gasteiger charge is -2.19. The average Bonchev–Trinajstić information content (AvgIpc) is 2.53. The van der Waals surface area contributed by atoms with Gasteiger partial charge in [-0.15, -0.1) is 0 Å². The molecule has 1 aromatic carbocycles. The Morgan fingerprint density at radius 3 is 2.38 bits per heavy atom. The van der Waals surface area contributed by atoms with Gasteiger partial charge in [0.15, 0.2) is 5.84 Å². The van der Waals surface area contributed by atoms with Crippen molar-refractivity contribution >= 4 is 11.7 Å². The third kappa shape index (κ3) is 5.43. The summed E-state index contributed by atoms with van der Waals surface area (Å²) in [6.45, 7) is 7.75. The minimum Gasteiger partial charge on any atom is -0.409 e. The highest BCUT2D eigenvalue weighted by molar-refractivity contribution is 5.99. The van der Waals surface area contributed by atoms with Crippen LogP contribution in [-0.4, -0.2) is 48.0 Å². The van der Waals surface area contributed by atoms with E-state index in [0.29, 0.717) is 17.7 Å². The van der Waals surface area contributed by atoms with Crippen LogP contribution in [0.25, 0.3) is 0 Å². The Labute approximate surface area is 125 Å². The summed E-state index contributed by atoms with van der Waals surface area (Å²) in [5.41, 5.74) is 6.61. The number of rotatable bonds is 8. The summed E-state index contributed by atoms with van der Waals surface area (Å²) in [5.74, 6) is -0.0891. The van der Waals surface area contributed by atoms with Crippen molar-refractivity contribution in [3.05, 3.63) is 35.4 Å². The van der Waals surface area contributed by atoms with Gasteiger partial charge in [0.25, 0.3) is 5.91 Å². The van der Waals surface area contributed by atoms with Crippen molar-refractivity contribution in [1.82, 2.24) is 10.2 Å². The molecule has 0 saturated heterocycles. The van der Waals surface area contributed by atoms with E-state index in [0.717, 1.165) is 26.1 Å². The number of amides is 1. The Hall–Kier alpha value is -2.08. The van der Waals surface area contributed by atoms with Crippen LogP contribution in [0.5, 0.6) is 0 Å². The van der Waals surface area contributed by atoms with Gasteiger partial charge in [0, 0.05) is 24.2 Å². The molecule has 21 heavy (non-hydrogen) atoms. The number of carbonyl (C=O) groups excluding carboxylic acids is 1. The summed E-state index contributed by atoms with van der Waals surface area (Å²) >= 11 is 0. The monoisotopic (exact) mass is 292 g/mol. The number of benzene rings is 1. The molecule has 0 aliphatic carbocycles. The molecule has 0 unspecified atom stereocenters. The van der Waals surface area contributed by atoms with Crippen LogP contribution >= 0.6 is 0 Å². The molecule has 6 nitrogen and oxygen atoms in total. The Balaban J connectivity index is 2.49. The third-order valence-corrected chi connectivity index (χ3v) is 3.25. The highest BCUT2D eigenvalue weighted by Gasteiger charge is 2.07. The summed E-state index contributed by atoms with van der Waals surface area (Å²) in [5, 5.41) is 14.4. The molecule has 4 N–H and O–H groups in total.